The monoisotopic (exact) mass is 830 g/mol. The summed E-state index contributed by atoms with van der Waals surface area (Å²) >= 11 is 4.24. The van der Waals surface area contributed by atoms with Gasteiger partial charge in [-0.1, -0.05) is 38.1 Å². The SMILES string of the molecule is COc1cc(C)c(-c2nc3ccccc3c(=O)n2N=Cc2cc(I)c(OCC(=O)Nc3ccccc3F)c(I)c2)cc1C(C)C. The van der Waals surface area contributed by atoms with Crippen LogP contribution in [-0.4, -0.2) is 35.5 Å². The fourth-order valence-electron chi connectivity index (χ4n) is 4.78. The van der Waals surface area contributed by atoms with Crippen LogP contribution in [0.2, 0.25) is 0 Å². The molecule has 0 aliphatic rings. The normalized spacial score (nSPS) is 11.4. The Kier molecular flexibility index (Phi) is 10.2. The van der Waals surface area contributed by atoms with Gasteiger partial charge in [-0.15, -0.1) is 0 Å². The van der Waals surface area contributed by atoms with Gasteiger partial charge >= 0.3 is 0 Å². The van der Waals surface area contributed by atoms with Crippen LogP contribution in [0.4, 0.5) is 10.1 Å². The Labute approximate surface area is 287 Å². The number of nitrogens with one attached hydrogen (secondary N) is 1. The summed E-state index contributed by atoms with van der Waals surface area (Å²) in [5.41, 5.74) is 3.76. The van der Waals surface area contributed by atoms with Crippen LogP contribution in [0.25, 0.3) is 22.3 Å². The van der Waals surface area contributed by atoms with E-state index in [1.807, 2.05) is 43.3 Å². The van der Waals surface area contributed by atoms with Crippen molar-refractivity contribution in [1.29, 1.82) is 0 Å². The summed E-state index contributed by atoms with van der Waals surface area (Å²) < 4.78 is 28.1. The van der Waals surface area contributed by atoms with Crippen molar-refractivity contribution in [3.8, 4) is 22.9 Å². The van der Waals surface area contributed by atoms with E-state index in [0.717, 1.165) is 29.6 Å². The van der Waals surface area contributed by atoms with Gasteiger partial charge in [0, 0.05) is 5.56 Å². The van der Waals surface area contributed by atoms with Crippen molar-refractivity contribution in [2.75, 3.05) is 19.0 Å². The zero-order valence-electron chi connectivity index (χ0n) is 24.9. The minimum Gasteiger partial charge on any atom is -0.496 e. The van der Waals surface area contributed by atoms with Crippen LogP contribution in [0.5, 0.6) is 11.5 Å². The average molecular weight is 830 g/mol. The average Bonchev–Trinajstić information content (AvgIpc) is 3.01. The van der Waals surface area contributed by atoms with Gasteiger partial charge in [-0.3, -0.25) is 9.59 Å². The third-order valence-corrected chi connectivity index (χ3v) is 8.63. The number of para-hydroxylation sites is 2. The van der Waals surface area contributed by atoms with E-state index in [-0.39, 0.29) is 23.8 Å². The van der Waals surface area contributed by atoms with Crippen molar-refractivity contribution in [2.24, 2.45) is 5.10 Å². The number of hydrogen-bond acceptors (Lipinski definition) is 6. The van der Waals surface area contributed by atoms with Gasteiger partial charge in [0.15, 0.2) is 12.4 Å². The Morgan fingerprint density at radius 1 is 1.07 bits per heavy atom. The summed E-state index contributed by atoms with van der Waals surface area (Å²) in [4.78, 5) is 31.1. The van der Waals surface area contributed by atoms with Crippen LogP contribution >= 0.6 is 45.2 Å². The second-order valence-corrected chi connectivity index (χ2v) is 12.8. The molecule has 0 radical (unpaired) electrons. The van der Waals surface area contributed by atoms with Gasteiger partial charge in [-0.05, 0) is 123 Å². The van der Waals surface area contributed by atoms with Gasteiger partial charge in [0.25, 0.3) is 11.5 Å². The number of benzene rings is 4. The van der Waals surface area contributed by atoms with Crippen LogP contribution in [0.3, 0.4) is 0 Å². The molecule has 8 nitrogen and oxygen atoms in total. The van der Waals surface area contributed by atoms with Crippen molar-refractivity contribution >= 4 is 73.9 Å². The number of fused-ring (bicyclic) bond motifs is 1. The fraction of sp³-hybridized carbons (Fsp3) is 0.176. The van der Waals surface area contributed by atoms with E-state index in [1.54, 1.807) is 37.6 Å². The Bertz CT molecular complexity index is 1990. The second-order valence-electron chi connectivity index (χ2n) is 10.5. The first-order chi connectivity index (χ1) is 21.6. The van der Waals surface area contributed by atoms with Gasteiger partial charge in [-0.2, -0.15) is 9.78 Å². The van der Waals surface area contributed by atoms with Gasteiger partial charge in [0.1, 0.15) is 17.3 Å². The molecule has 0 saturated heterocycles. The Hall–Kier alpha value is -3.85. The molecule has 0 fully saturated rings. The molecule has 0 bridgehead atoms. The molecular weight excluding hydrogens is 801 g/mol. The van der Waals surface area contributed by atoms with E-state index in [1.165, 1.54) is 16.8 Å². The maximum Gasteiger partial charge on any atom is 0.282 e. The third kappa shape index (κ3) is 7.19. The van der Waals surface area contributed by atoms with Crippen LogP contribution in [0.15, 0.2) is 82.7 Å². The van der Waals surface area contributed by atoms with Crippen molar-refractivity contribution in [3.63, 3.8) is 0 Å². The summed E-state index contributed by atoms with van der Waals surface area (Å²) in [6.07, 6.45) is 1.60. The van der Waals surface area contributed by atoms with Gasteiger partial charge in [0.2, 0.25) is 0 Å². The van der Waals surface area contributed by atoms with E-state index >= 15 is 0 Å². The van der Waals surface area contributed by atoms with Crippen molar-refractivity contribution in [1.82, 2.24) is 9.66 Å². The standard InChI is InChI=1S/C34H29FI2N4O4/c1-19(2)23-16-24(20(3)13-30(23)44-4)33-40-28-11-7-5-9-22(28)34(43)41(33)38-17-21-14-26(36)32(27(37)15-21)45-18-31(42)39-29-12-8-6-10-25(29)35/h5-17,19H,18H2,1-4H3,(H,39,42). The fourth-order valence-corrected chi connectivity index (χ4v) is 6.90. The number of halogens is 3. The maximum absolute atomic E-state index is 13.9. The molecule has 0 atom stereocenters. The minimum atomic E-state index is -0.523. The molecule has 230 valence electrons. The van der Waals surface area contributed by atoms with E-state index in [0.29, 0.717) is 28.0 Å². The number of hydrogen-bond donors (Lipinski definition) is 1. The lowest BCUT2D eigenvalue weighted by Gasteiger charge is -2.17. The van der Waals surface area contributed by atoms with Crippen LogP contribution in [0.1, 0.15) is 36.5 Å². The molecule has 0 aliphatic carbocycles. The lowest BCUT2D eigenvalue weighted by atomic mass is 9.96. The summed E-state index contributed by atoms with van der Waals surface area (Å²) in [5, 5.41) is 7.61. The number of aryl methyl sites for hydroxylation is 1. The molecule has 0 spiro atoms. The third-order valence-electron chi connectivity index (χ3n) is 7.03. The van der Waals surface area contributed by atoms with Crippen LogP contribution < -0.4 is 20.3 Å². The Morgan fingerprint density at radius 2 is 1.76 bits per heavy atom. The molecule has 0 aliphatic heterocycles. The number of aromatic nitrogens is 2. The van der Waals surface area contributed by atoms with Gasteiger partial charge in [0.05, 0.1) is 37.1 Å². The highest BCUT2D eigenvalue weighted by atomic mass is 127. The first-order valence-electron chi connectivity index (χ1n) is 14.0. The molecule has 1 amide bonds. The molecule has 0 saturated carbocycles. The number of carbonyl (C=O) groups excluding carboxylic acids is 1. The zero-order valence-corrected chi connectivity index (χ0v) is 29.2. The van der Waals surface area contributed by atoms with Crippen molar-refractivity contribution in [3.05, 3.63) is 113 Å². The zero-order chi connectivity index (χ0) is 32.2. The smallest absolute Gasteiger partial charge is 0.282 e. The Balaban J connectivity index is 1.49. The predicted molar refractivity (Wildman–Crippen MR) is 192 cm³/mol. The van der Waals surface area contributed by atoms with Gasteiger partial charge in [-0.25, -0.2) is 9.37 Å². The largest absolute Gasteiger partial charge is 0.496 e. The van der Waals surface area contributed by atoms with E-state index in [9.17, 15) is 14.0 Å². The van der Waals surface area contributed by atoms with E-state index < -0.39 is 11.7 Å². The predicted octanol–water partition coefficient (Wildman–Crippen LogP) is 7.75. The molecule has 1 aromatic heterocycles. The number of carbonyl (C=O) groups is 1. The van der Waals surface area contributed by atoms with E-state index in [4.69, 9.17) is 14.5 Å². The molecule has 4 aromatic carbocycles. The highest BCUT2D eigenvalue weighted by molar-refractivity contribution is 14.1. The van der Waals surface area contributed by atoms with Crippen LogP contribution in [-0.2, 0) is 4.79 Å². The molecule has 1 heterocycles. The lowest BCUT2D eigenvalue weighted by Crippen LogP contribution is -2.21. The molecule has 1 N–H and O–H groups in total. The summed E-state index contributed by atoms with van der Waals surface area (Å²) in [7, 11) is 1.65. The summed E-state index contributed by atoms with van der Waals surface area (Å²) in [5.74, 6) is 0.881. The number of ether oxygens (including phenoxy) is 2. The molecule has 5 aromatic rings. The number of rotatable bonds is 9. The minimum absolute atomic E-state index is 0.0881. The summed E-state index contributed by atoms with van der Waals surface area (Å²) in [6, 6.07) is 20.8. The number of nitrogens with zero attached hydrogens (tertiary/aromatic N) is 3. The highest BCUT2D eigenvalue weighted by Crippen LogP contribution is 2.34. The van der Waals surface area contributed by atoms with E-state index in [2.05, 4.69) is 69.4 Å². The summed E-state index contributed by atoms with van der Waals surface area (Å²) in [6.45, 7) is 5.83. The molecule has 0 unspecified atom stereocenters. The number of methoxy groups -OCH3 is 1. The quantitative estimate of drug-likeness (QED) is 0.121. The van der Waals surface area contributed by atoms with Crippen molar-refractivity contribution in [2.45, 2.75) is 26.7 Å². The Morgan fingerprint density at radius 3 is 2.44 bits per heavy atom. The molecule has 5 rings (SSSR count). The lowest BCUT2D eigenvalue weighted by molar-refractivity contribution is -0.118. The first kappa shape index (κ1) is 32.5. The first-order valence-corrected chi connectivity index (χ1v) is 16.1. The number of amides is 1. The van der Waals surface area contributed by atoms with Gasteiger partial charge < -0.3 is 14.8 Å². The highest BCUT2D eigenvalue weighted by Gasteiger charge is 2.19. The molecular formula is C34H29FI2N4O4. The molecule has 11 heteroatoms. The van der Waals surface area contributed by atoms with Crippen LogP contribution in [0, 0.1) is 19.9 Å². The number of anilines is 1. The second kappa shape index (κ2) is 14.1. The molecule has 45 heavy (non-hydrogen) atoms. The maximum atomic E-state index is 13.9. The topological polar surface area (TPSA) is 94.8 Å². The van der Waals surface area contributed by atoms with Crippen molar-refractivity contribution < 1.29 is 18.7 Å².